The average molecular weight is 242 g/mol. The molecule has 0 N–H and O–H groups in total. The normalized spacial score (nSPS) is 11.8. The zero-order chi connectivity index (χ0) is 13.1. The Hall–Kier alpha value is -0.370. The highest BCUT2D eigenvalue weighted by Gasteiger charge is 2.20. The Kier molecular flexibility index (Phi) is 9.43. The fraction of sp³-hybridized carbons (Fsp3) is 0.933. The van der Waals surface area contributed by atoms with Crippen molar-refractivity contribution in [2.45, 2.75) is 84.2 Å². The standard InChI is InChI=1S/C15H30O2/c1-5-6-7-8-9-10-11-12-14(16)13-15(2,3)17-4/h5-13H2,1-4H3. The van der Waals surface area contributed by atoms with Crippen LogP contribution in [0, 0.1) is 0 Å². The van der Waals surface area contributed by atoms with Gasteiger partial charge in [-0.3, -0.25) is 4.79 Å². The summed E-state index contributed by atoms with van der Waals surface area (Å²) in [7, 11) is 1.67. The van der Waals surface area contributed by atoms with Gasteiger partial charge in [-0.05, 0) is 20.3 Å². The molecule has 0 saturated carbocycles. The van der Waals surface area contributed by atoms with Crippen LogP contribution in [0.25, 0.3) is 0 Å². The van der Waals surface area contributed by atoms with E-state index in [0.29, 0.717) is 12.2 Å². The van der Waals surface area contributed by atoms with Crippen LogP contribution in [-0.4, -0.2) is 18.5 Å². The van der Waals surface area contributed by atoms with Crippen molar-refractivity contribution in [2.24, 2.45) is 0 Å². The van der Waals surface area contributed by atoms with Crippen LogP contribution in [0.1, 0.15) is 78.6 Å². The van der Waals surface area contributed by atoms with Gasteiger partial charge in [-0.15, -0.1) is 0 Å². The molecule has 0 aromatic carbocycles. The first kappa shape index (κ1) is 16.6. The molecule has 0 aromatic rings. The third kappa shape index (κ3) is 10.5. The number of methoxy groups -OCH3 is 1. The first-order valence-corrected chi connectivity index (χ1v) is 7.08. The van der Waals surface area contributed by atoms with Gasteiger partial charge >= 0.3 is 0 Å². The lowest BCUT2D eigenvalue weighted by atomic mass is 9.98. The lowest BCUT2D eigenvalue weighted by Gasteiger charge is -2.21. The number of ether oxygens (including phenoxy) is 1. The molecular weight excluding hydrogens is 212 g/mol. The van der Waals surface area contributed by atoms with Gasteiger partial charge in [0.15, 0.2) is 0 Å². The van der Waals surface area contributed by atoms with E-state index in [2.05, 4.69) is 6.92 Å². The number of hydrogen-bond donors (Lipinski definition) is 0. The molecule has 0 aliphatic carbocycles. The predicted octanol–water partition coefficient (Wildman–Crippen LogP) is 4.51. The van der Waals surface area contributed by atoms with Gasteiger partial charge < -0.3 is 4.74 Å². The van der Waals surface area contributed by atoms with Crippen LogP contribution in [0.3, 0.4) is 0 Å². The number of hydrogen-bond acceptors (Lipinski definition) is 2. The summed E-state index contributed by atoms with van der Waals surface area (Å²) in [5, 5.41) is 0. The Balaban J connectivity index is 3.40. The third-order valence-electron chi connectivity index (χ3n) is 3.23. The first-order chi connectivity index (χ1) is 8.02. The van der Waals surface area contributed by atoms with Crippen molar-refractivity contribution in [3.8, 4) is 0 Å². The number of ketones is 1. The largest absolute Gasteiger partial charge is 0.378 e. The molecule has 0 atom stereocenters. The molecule has 2 nitrogen and oxygen atoms in total. The van der Waals surface area contributed by atoms with Crippen LogP contribution in [0.4, 0.5) is 0 Å². The third-order valence-corrected chi connectivity index (χ3v) is 3.23. The van der Waals surface area contributed by atoms with Crippen molar-refractivity contribution in [2.75, 3.05) is 7.11 Å². The lowest BCUT2D eigenvalue weighted by Crippen LogP contribution is -2.26. The van der Waals surface area contributed by atoms with E-state index >= 15 is 0 Å². The van der Waals surface area contributed by atoms with Gasteiger partial charge in [0.25, 0.3) is 0 Å². The molecule has 0 spiro atoms. The molecule has 0 aliphatic rings. The van der Waals surface area contributed by atoms with E-state index in [1.54, 1.807) is 7.11 Å². The first-order valence-electron chi connectivity index (χ1n) is 7.08. The number of carbonyl (C=O) groups is 1. The van der Waals surface area contributed by atoms with Gasteiger partial charge in [-0.2, -0.15) is 0 Å². The van der Waals surface area contributed by atoms with Crippen molar-refractivity contribution in [1.82, 2.24) is 0 Å². The van der Waals surface area contributed by atoms with Gasteiger partial charge in [0, 0.05) is 20.0 Å². The van der Waals surface area contributed by atoms with Gasteiger partial charge in [-0.25, -0.2) is 0 Å². The second-order valence-corrected chi connectivity index (χ2v) is 5.55. The van der Waals surface area contributed by atoms with Gasteiger partial charge in [0.2, 0.25) is 0 Å². The smallest absolute Gasteiger partial charge is 0.135 e. The van der Waals surface area contributed by atoms with Crippen LogP contribution in [-0.2, 0) is 9.53 Å². The van der Waals surface area contributed by atoms with E-state index in [0.717, 1.165) is 12.8 Å². The molecule has 0 aromatic heterocycles. The molecule has 0 amide bonds. The Morgan fingerprint density at radius 2 is 1.53 bits per heavy atom. The second kappa shape index (κ2) is 9.64. The van der Waals surface area contributed by atoms with E-state index in [-0.39, 0.29) is 5.60 Å². The second-order valence-electron chi connectivity index (χ2n) is 5.55. The fourth-order valence-corrected chi connectivity index (χ4v) is 1.91. The summed E-state index contributed by atoms with van der Waals surface area (Å²) in [6.07, 6.45) is 10.1. The summed E-state index contributed by atoms with van der Waals surface area (Å²) in [5.74, 6) is 0.338. The molecule has 0 aliphatic heterocycles. The van der Waals surface area contributed by atoms with Crippen molar-refractivity contribution in [3.63, 3.8) is 0 Å². The SMILES string of the molecule is CCCCCCCCCC(=O)CC(C)(C)OC. The molecule has 0 rings (SSSR count). The summed E-state index contributed by atoms with van der Waals surface area (Å²) in [6, 6.07) is 0. The molecule has 0 saturated heterocycles. The maximum atomic E-state index is 11.7. The molecule has 0 fully saturated rings. The number of Topliss-reactive ketones (excluding diaryl/α,β-unsaturated/α-hetero) is 1. The summed E-state index contributed by atoms with van der Waals surface area (Å²) in [5.41, 5.74) is -0.293. The maximum absolute atomic E-state index is 11.7. The molecule has 2 heteroatoms. The van der Waals surface area contributed by atoms with E-state index < -0.39 is 0 Å². The Morgan fingerprint density at radius 3 is 2.06 bits per heavy atom. The highest BCUT2D eigenvalue weighted by molar-refractivity contribution is 5.79. The van der Waals surface area contributed by atoms with Crippen LogP contribution in [0.2, 0.25) is 0 Å². The number of rotatable bonds is 11. The minimum absolute atomic E-state index is 0.293. The van der Waals surface area contributed by atoms with Crippen molar-refractivity contribution >= 4 is 5.78 Å². The van der Waals surface area contributed by atoms with E-state index in [1.807, 2.05) is 13.8 Å². The van der Waals surface area contributed by atoms with Crippen LogP contribution < -0.4 is 0 Å². The zero-order valence-corrected chi connectivity index (χ0v) is 12.2. The molecule has 102 valence electrons. The fourth-order valence-electron chi connectivity index (χ4n) is 1.91. The van der Waals surface area contributed by atoms with E-state index in [4.69, 9.17) is 4.74 Å². The quantitative estimate of drug-likeness (QED) is 0.498. The lowest BCUT2D eigenvalue weighted by molar-refractivity contribution is -0.124. The highest BCUT2D eigenvalue weighted by atomic mass is 16.5. The summed E-state index contributed by atoms with van der Waals surface area (Å²) < 4.78 is 5.26. The summed E-state index contributed by atoms with van der Waals surface area (Å²) >= 11 is 0. The Labute approximate surface area is 107 Å². The van der Waals surface area contributed by atoms with Gasteiger partial charge in [0.05, 0.1) is 5.60 Å². The Bertz CT molecular complexity index is 197. The minimum atomic E-state index is -0.293. The van der Waals surface area contributed by atoms with E-state index in [1.165, 1.54) is 38.5 Å². The Morgan fingerprint density at radius 1 is 1.00 bits per heavy atom. The summed E-state index contributed by atoms with van der Waals surface area (Å²) in [4.78, 5) is 11.7. The van der Waals surface area contributed by atoms with Gasteiger partial charge in [0.1, 0.15) is 5.78 Å². The van der Waals surface area contributed by atoms with E-state index in [9.17, 15) is 4.79 Å². The molecule has 17 heavy (non-hydrogen) atoms. The number of unbranched alkanes of at least 4 members (excludes halogenated alkanes) is 6. The van der Waals surface area contributed by atoms with Crippen molar-refractivity contribution in [1.29, 1.82) is 0 Å². The topological polar surface area (TPSA) is 26.3 Å². The predicted molar refractivity (Wildman–Crippen MR) is 73.3 cm³/mol. The summed E-state index contributed by atoms with van der Waals surface area (Å²) in [6.45, 7) is 6.17. The highest BCUT2D eigenvalue weighted by Crippen LogP contribution is 2.16. The van der Waals surface area contributed by atoms with Gasteiger partial charge in [-0.1, -0.05) is 45.4 Å². The van der Waals surface area contributed by atoms with Crippen molar-refractivity contribution in [3.05, 3.63) is 0 Å². The van der Waals surface area contributed by atoms with Crippen molar-refractivity contribution < 1.29 is 9.53 Å². The monoisotopic (exact) mass is 242 g/mol. The zero-order valence-electron chi connectivity index (χ0n) is 12.2. The minimum Gasteiger partial charge on any atom is -0.378 e. The maximum Gasteiger partial charge on any atom is 0.135 e. The molecule has 0 bridgehead atoms. The van der Waals surface area contributed by atoms with Crippen LogP contribution in [0.5, 0.6) is 0 Å². The molecule has 0 radical (unpaired) electrons. The number of carbonyl (C=O) groups excluding carboxylic acids is 1. The molecule has 0 unspecified atom stereocenters. The molecule has 0 heterocycles. The average Bonchev–Trinajstić information content (AvgIpc) is 2.27. The van der Waals surface area contributed by atoms with Crippen LogP contribution >= 0.6 is 0 Å². The molecular formula is C15H30O2. The van der Waals surface area contributed by atoms with Crippen LogP contribution in [0.15, 0.2) is 0 Å².